The lowest BCUT2D eigenvalue weighted by molar-refractivity contribution is 0.318. The molecule has 0 aliphatic rings. The van der Waals surface area contributed by atoms with E-state index < -0.39 is 0 Å². The van der Waals surface area contributed by atoms with E-state index in [4.69, 9.17) is 20.1 Å². The van der Waals surface area contributed by atoms with Crippen LogP contribution in [0.1, 0.15) is 17.5 Å². The predicted molar refractivity (Wildman–Crippen MR) is 115 cm³/mol. The van der Waals surface area contributed by atoms with Gasteiger partial charge in [0.1, 0.15) is 17.2 Å². The van der Waals surface area contributed by atoms with Crippen molar-refractivity contribution in [2.24, 2.45) is 0 Å². The van der Waals surface area contributed by atoms with Crippen molar-refractivity contribution in [1.29, 1.82) is 0 Å². The third-order valence-corrected chi connectivity index (χ3v) is 5.33. The first-order valence-electron chi connectivity index (χ1n) is 9.28. The number of hydrogen-bond donors (Lipinski definition) is 1. The molecule has 2 aromatic carbocycles. The Morgan fingerprint density at radius 3 is 2.41 bits per heavy atom. The summed E-state index contributed by atoms with van der Waals surface area (Å²) in [6.45, 7) is 4.77. The Morgan fingerprint density at radius 1 is 0.966 bits per heavy atom. The lowest BCUT2D eigenvalue weighted by Crippen LogP contribution is -2.12. The fourth-order valence-electron chi connectivity index (χ4n) is 2.97. The number of hydrogen-bond acceptors (Lipinski definition) is 7. The average molecular weight is 415 g/mol. The third-order valence-electron chi connectivity index (χ3n) is 4.30. The third kappa shape index (κ3) is 5.14. The second kappa shape index (κ2) is 9.56. The van der Waals surface area contributed by atoms with Gasteiger partial charge in [-0.1, -0.05) is 17.8 Å². The summed E-state index contributed by atoms with van der Waals surface area (Å²) >= 11 is 1.54. The monoisotopic (exact) mass is 414 g/mol. The van der Waals surface area contributed by atoms with Crippen molar-refractivity contribution in [2.45, 2.75) is 25.4 Å². The number of nitrogen functional groups attached to an aromatic ring is 1. The molecule has 29 heavy (non-hydrogen) atoms. The van der Waals surface area contributed by atoms with Crippen LogP contribution in [0.2, 0.25) is 0 Å². The smallest absolute Gasteiger partial charge is 0.210 e. The first-order chi connectivity index (χ1) is 14.0. The Balaban J connectivity index is 1.57. The summed E-state index contributed by atoms with van der Waals surface area (Å²) in [6, 6.07) is 11.7. The van der Waals surface area contributed by atoms with Gasteiger partial charge in [-0.05, 0) is 55.7 Å². The van der Waals surface area contributed by atoms with Crippen molar-refractivity contribution in [1.82, 2.24) is 14.9 Å². The number of benzene rings is 2. The van der Waals surface area contributed by atoms with Crippen molar-refractivity contribution in [3.8, 4) is 28.6 Å². The SMILES string of the molecule is COc1ccc(-c2nnc(SCCCOc3cc(C)cc(C)c3)n2N)c(OC)c1. The molecule has 0 fully saturated rings. The number of thioether (sulfide) groups is 1. The lowest BCUT2D eigenvalue weighted by Gasteiger charge is -2.10. The zero-order valence-electron chi connectivity index (χ0n) is 17.1. The fourth-order valence-corrected chi connectivity index (χ4v) is 3.74. The highest BCUT2D eigenvalue weighted by atomic mass is 32.2. The summed E-state index contributed by atoms with van der Waals surface area (Å²) in [5.41, 5.74) is 3.16. The van der Waals surface area contributed by atoms with Crippen molar-refractivity contribution >= 4 is 11.8 Å². The van der Waals surface area contributed by atoms with Crippen LogP contribution >= 0.6 is 11.8 Å². The molecule has 154 valence electrons. The van der Waals surface area contributed by atoms with Gasteiger partial charge in [-0.25, -0.2) is 4.68 Å². The molecule has 0 aliphatic heterocycles. The summed E-state index contributed by atoms with van der Waals surface area (Å²) in [5, 5.41) is 9.09. The molecule has 0 atom stereocenters. The summed E-state index contributed by atoms with van der Waals surface area (Å²) < 4.78 is 18.0. The van der Waals surface area contributed by atoms with E-state index in [2.05, 4.69) is 30.1 Å². The van der Waals surface area contributed by atoms with E-state index in [-0.39, 0.29) is 0 Å². The van der Waals surface area contributed by atoms with Crippen LogP contribution < -0.4 is 20.1 Å². The minimum atomic E-state index is 0.540. The van der Waals surface area contributed by atoms with E-state index in [0.29, 0.717) is 29.1 Å². The van der Waals surface area contributed by atoms with Crippen LogP contribution in [0, 0.1) is 13.8 Å². The van der Waals surface area contributed by atoms with Gasteiger partial charge in [0.05, 0.1) is 26.4 Å². The van der Waals surface area contributed by atoms with Gasteiger partial charge in [-0.15, -0.1) is 10.2 Å². The first kappa shape index (κ1) is 20.9. The quantitative estimate of drug-likeness (QED) is 0.323. The van der Waals surface area contributed by atoms with Crippen molar-refractivity contribution in [3.05, 3.63) is 47.5 Å². The fraction of sp³-hybridized carbons (Fsp3) is 0.333. The normalized spacial score (nSPS) is 10.8. The Labute approximate surface area is 175 Å². The average Bonchev–Trinajstić information content (AvgIpc) is 3.06. The van der Waals surface area contributed by atoms with Crippen molar-refractivity contribution < 1.29 is 14.2 Å². The summed E-state index contributed by atoms with van der Waals surface area (Å²) in [6.07, 6.45) is 0.867. The second-order valence-corrected chi connectivity index (χ2v) is 7.68. The number of methoxy groups -OCH3 is 2. The van der Waals surface area contributed by atoms with Crippen LogP contribution in [0.3, 0.4) is 0 Å². The van der Waals surface area contributed by atoms with Crippen molar-refractivity contribution in [3.63, 3.8) is 0 Å². The van der Waals surface area contributed by atoms with E-state index in [1.54, 1.807) is 32.0 Å². The van der Waals surface area contributed by atoms with E-state index >= 15 is 0 Å². The van der Waals surface area contributed by atoms with Gasteiger partial charge in [0.15, 0.2) is 5.82 Å². The molecule has 0 spiro atoms. The standard InChI is InChI=1S/C21H26N4O3S/c1-14-10-15(2)12-17(11-14)28-8-5-9-29-21-24-23-20(25(21)22)18-7-6-16(26-3)13-19(18)27-4/h6-7,10-13H,5,8-9,22H2,1-4H3. The summed E-state index contributed by atoms with van der Waals surface area (Å²) in [5.74, 6) is 9.81. The Morgan fingerprint density at radius 2 is 1.72 bits per heavy atom. The highest BCUT2D eigenvalue weighted by Gasteiger charge is 2.16. The minimum Gasteiger partial charge on any atom is -0.497 e. The zero-order chi connectivity index (χ0) is 20.8. The van der Waals surface area contributed by atoms with Gasteiger partial charge in [-0.2, -0.15) is 0 Å². The molecule has 1 aromatic heterocycles. The van der Waals surface area contributed by atoms with Crippen LogP contribution in [0.25, 0.3) is 11.4 Å². The molecule has 0 radical (unpaired) electrons. The highest BCUT2D eigenvalue weighted by molar-refractivity contribution is 7.99. The molecule has 0 unspecified atom stereocenters. The highest BCUT2D eigenvalue weighted by Crippen LogP contribution is 2.33. The van der Waals surface area contributed by atoms with Gasteiger partial charge in [0.25, 0.3) is 0 Å². The van der Waals surface area contributed by atoms with Gasteiger partial charge in [0, 0.05) is 11.8 Å². The van der Waals surface area contributed by atoms with Gasteiger partial charge < -0.3 is 20.1 Å². The number of rotatable bonds is 9. The maximum atomic E-state index is 6.22. The van der Waals surface area contributed by atoms with Crippen LogP contribution in [0.4, 0.5) is 0 Å². The predicted octanol–water partition coefficient (Wildman–Crippen LogP) is 3.85. The molecule has 0 bridgehead atoms. The van der Waals surface area contributed by atoms with Crippen LogP contribution in [-0.4, -0.2) is 41.5 Å². The molecule has 7 nitrogen and oxygen atoms in total. The first-order valence-corrected chi connectivity index (χ1v) is 10.3. The molecule has 1 heterocycles. The Hall–Kier alpha value is -2.87. The zero-order valence-corrected chi connectivity index (χ0v) is 18.0. The molecule has 8 heteroatoms. The maximum Gasteiger partial charge on any atom is 0.210 e. The van der Waals surface area contributed by atoms with Crippen LogP contribution in [0.15, 0.2) is 41.6 Å². The topological polar surface area (TPSA) is 84.4 Å². The van der Waals surface area contributed by atoms with Crippen LogP contribution in [0.5, 0.6) is 17.2 Å². The number of ether oxygens (including phenoxy) is 3. The summed E-state index contributed by atoms with van der Waals surface area (Å²) in [4.78, 5) is 0. The van der Waals surface area contributed by atoms with E-state index in [0.717, 1.165) is 23.5 Å². The second-order valence-electron chi connectivity index (χ2n) is 6.62. The molecule has 3 aromatic rings. The molecule has 0 amide bonds. The van der Waals surface area contributed by atoms with Gasteiger partial charge in [0.2, 0.25) is 5.16 Å². The molecular weight excluding hydrogens is 388 g/mol. The number of aryl methyl sites for hydroxylation is 2. The molecule has 3 rings (SSSR count). The largest absolute Gasteiger partial charge is 0.497 e. The molecule has 2 N–H and O–H groups in total. The van der Waals surface area contributed by atoms with Gasteiger partial charge in [-0.3, -0.25) is 0 Å². The Kier molecular flexibility index (Phi) is 6.87. The molecular formula is C21H26N4O3S. The maximum absolute atomic E-state index is 6.22. The number of nitrogens with two attached hydrogens (primary N) is 1. The number of aromatic nitrogens is 3. The van der Waals surface area contributed by atoms with Crippen LogP contribution in [-0.2, 0) is 0 Å². The Bertz CT molecular complexity index is 954. The number of nitrogens with zero attached hydrogens (tertiary/aromatic N) is 3. The van der Waals surface area contributed by atoms with E-state index in [9.17, 15) is 0 Å². The minimum absolute atomic E-state index is 0.540. The van der Waals surface area contributed by atoms with Gasteiger partial charge >= 0.3 is 0 Å². The summed E-state index contributed by atoms with van der Waals surface area (Å²) in [7, 11) is 3.21. The molecule has 0 saturated carbocycles. The van der Waals surface area contributed by atoms with E-state index in [1.807, 2.05) is 24.3 Å². The molecule has 0 saturated heterocycles. The van der Waals surface area contributed by atoms with Crippen molar-refractivity contribution in [2.75, 3.05) is 32.4 Å². The van der Waals surface area contributed by atoms with E-state index in [1.165, 1.54) is 15.8 Å². The molecule has 0 aliphatic carbocycles. The lowest BCUT2D eigenvalue weighted by atomic mass is 10.1.